The Bertz CT molecular complexity index is 355. The number of aromatic nitrogens is 3. The summed E-state index contributed by atoms with van der Waals surface area (Å²) >= 11 is 5.67. The maximum absolute atomic E-state index is 9.18. The fraction of sp³-hybridized carbons (Fsp3) is 0.667. The molecule has 1 saturated carbocycles. The highest BCUT2D eigenvalue weighted by Gasteiger charge is 2.27. The Balaban J connectivity index is 2.08. The maximum Gasteiger partial charge on any atom is 0.229 e. The second kappa shape index (κ2) is 4.80. The molecule has 0 aliphatic heterocycles. The van der Waals surface area contributed by atoms with E-state index in [4.69, 9.17) is 17.3 Å². The lowest BCUT2D eigenvalue weighted by molar-refractivity contribution is 0.222. The summed E-state index contributed by atoms with van der Waals surface area (Å²) in [6, 6.07) is 0.183. The summed E-state index contributed by atoms with van der Waals surface area (Å²) in [6.45, 7) is 0.173. The third-order valence-electron chi connectivity index (χ3n) is 2.83. The first-order valence-electron chi connectivity index (χ1n) is 5.23. The van der Waals surface area contributed by atoms with Crippen LogP contribution in [0.1, 0.15) is 19.3 Å². The number of nitrogen functional groups attached to an aromatic ring is 1. The van der Waals surface area contributed by atoms with Gasteiger partial charge in [0.05, 0.1) is 0 Å². The summed E-state index contributed by atoms with van der Waals surface area (Å²) in [5, 5.41) is 12.4. The Labute approximate surface area is 98.3 Å². The topological polar surface area (TPSA) is 97.0 Å². The zero-order valence-corrected chi connectivity index (χ0v) is 9.48. The minimum Gasteiger partial charge on any atom is -0.396 e. The monoisotopic (exact) mass is 243 g/mol. The molecular formula is C9H14ClN5O. The Hall–Kier alpha value is -1.14. The van der Waals surface area contributed by atoms with E-state index in [1.807, 2.05) is 0 Å². The van der Waals surface area contributed by atoms with E-state index in [2.05, 4.69) is 20.3 Å². The van der Waals surface area contributed by atoms with Gasteiger partial charge in [0.2, 0.25) is 17.2 Å². The van der Waals surface area contributed by atoms with Crippen molar-refractivity contribution in [2.75, 3.05) is 17.7 Å². The molecule has 4 N–H and O–H groups in total. The average molecular weight is 244 g/mol. The summed E-state index contributed by atoms with van der Waals surface area (Å²) in [5.74, 6) is 0.723. The van der Waals surface area contributed by atoms with Gasteiger partial charge in [-0.3, -0.25) is 0 Å². The number of nitrogens with two attached hydrogens (primary N) is 1. The standard InChI is InChI=1S/C9H14ClN5O/c10-7-13-8(11)15-9(14-7)12-6-3-1-2-5(6)4-16/h5-6,16H,1-4H2,(H3,11,12,13,14,15). The highest BCUT2D eigenvalue weighted by atomic mass is 35.5. The van der Waals surface area contributed by atoms with E-state index in [0.29, 0.717) is 5.95 Å². The van der Waals surface area contributed by atoms with Crippen LogP contribution < -0.4 is 11.1 Å². The van der Waals surface area contributed by atoms with Gasteiger partial charge in [-0.2, -0.15) is 15.0 Å². The van der Waals surface area contributed by atoms with Crippen LogP contribution in [0.25, 0.3) is 0 Å². The van der Waals surface area contributed by atoms with Crippen LogP contribution in [0.4, 0.5) is 11.9 Å². The molecule has 0 radical (unpaired) electrons. The van der Waals surface area contributed by atoms with Gasteiger partial charge in [0.15, 0.2) is 0 Å². The lowest BCUT2D eigenvalue weighted by atomic mass is 10.1. The minimum absolute atomic E-state index is 0.0774. The number of aliphatic hydroxyl groups excluding tert-OH is 1. The van der Waals surface area contributed by atoms with Crippen molar-refractivity contribution in [2.24, 2.45) is 5.92 Å². The second-order valence-corrected chi connectivity index (χ2v) is 4.25. The number of hydrogen-bond donors (Lipinski definition) is 3. The Morgan fingerprint density at radius 3 is 2.88 bits per heavy atom. The summed E-state index contributed by atoms with van der Waals surface area (Å²) in [4.78, 5) is 11.6. The molecule has 0 spiro atoms. The number of halogens is 1. The molecule has 1 heterocycles. The lowest BCUT2D eigenvalue weighted by Gasteiger charge is -2.18. The van der Waals surface area contributed by atoms with E-state index in [9.17, 15) is 5.11 Å². The Morgan fingerprint density at radius 2 is 2.19 bits per heavy atom. The molecular weight excluding hydrogens is 230 g/mol. The number of rotatable bonds is 3. The molecule has 0 saturated heterocycles. The highest BCUT2D eigenvalue weighted by molar-refractivity contribution is 6.28. The van der Waals surface area contributed by atoms with E-state index >= 15 is 0 Å². The van der Waals surface area contributed by atoms with Crippen LogP contribution in [-0.2, 0) is 0 Å². The smallest absolute Gasteiger partial charge is 0.229 e. The van der Waals surface area contributed by atoms with Crippen LogP contribution in [0.2, 0.25) is 5.28 Å². The van der Waals surface area contributed by atoms with Gasteiger partial charge in [-0.05, 0) is 24.4 Å². The SMILES string of the molecule is Nc1nc(Cl)nc(NC2CCCC2CO)n1. The molecule has 0 aromatic carbocycles. The van der Waals surface area contributed by atoms with E-state index in [-0.39, 0.29) is 29.8 Å². The molecule has 16 heavy (non-hydrogen) atoms. The lowest BCUT2D eigenvalue weighted by Crippen LogP contribution is -2.27. The Kier molecular flexibility index (Phi) is 3.40. The fourth-order valence-corrected chi connectivity index (χ4v) is 2.21. The molecule has 1 aliphatic carbocycles. The third kappa shape index (κ3) is 2.51. The minimum atomic E-state index is 0.0774. The van der Waals surface area contributed by atoms with Gasteiger partial charge >= 0.3 is 0 Å². The average Bonchev–Trinajstić information content (AvgIpc) is 2.63. The van der Waals surface area contributed by atoms with Crippen molar-refractivity contribution >= 4 is 23.5 Å². The van der Waals surface area contributed by atoms with Crippen molar-refractivity contribution in [1.29, 1.82) is 0 Å². The zero-order chi connectivity index (χ0) is 11.5. The molecule has 2 atom stereocenters. The molecule has 0 amide bonds. The molecule has 88 valence electrons. The summed E-state index contributed by atoms with van der Waals surface area (Å²) < 4.78 is 0. The molecule has 1 aromatic heterocycles. The van der Waals surface area contributed by atoms with Gasteiger partial charge in [0.1, 0.15) is 0 Å². The van der Waals surface area contributed by atoms with Crippen LogP contribution in [-0.4, -0.2) is 32.7 Å². The zero-order valence-electron chi connectivity index (χ0n) is 8.73. The number of nitrogens with one attached hydrogen (secondary N) is 1. The summed E-state index contributed by atoms with van der Waals surface area (Å²) in [5.41, 5.74) is 5.46. The van der Waals surface area contributed by atoms with E-state index in [1.165, 1.54) is 0 Å². The van der Waals surface area contributed by atoms with E-state index in [0.717, 1.165) is 19.3 Å². The van der Waals surface area contributed by atoms with Crippen LogP contribution in [0.3, 0.4) is 0 Å². The molecule has 7 heteroatoms. The molecule has 0 bridgehead atoms. The van der Waals surface area contributed by atoms with Crippen molar-refractivity contribution in [3.05, 3.63) is 5.28 Å². The quantitative estimate of drug-likeness (QED) is 0.722. The van der Waals surface area contributed by atoms with Gasteiger partial charge in [0.25, 0.3) is 0 Å². The first-order chi connectivity index (χ1) is 7.69. The van der Waals surface area contributed by atoms with Crippen LogP contribution in [0.5, 0.6) is 0 Å². The third-order valence-corrected chi connectivity index (χ3v) is 3.00. The molecule has 1 aromatic rings. The molecule has 6 nitrogen and oxygen atoms in total. The van der Waals surface area contributed by atoms with Crippen molar-refractivity contribution in [3.8, 4) is 0 Å². The fourth-order valence-electron chi connectivity index (χ4n) is 2.04. The highest BCUT2D eigenvalue weighted by Crippen LogP contribution is 2.27. The molecule has 1 fully saturated rings. The first-order valence-corrected chi connectivity index (χ1v) is 5.61. The predicted octanol–water partition coefficient (Wildman–Crippen LogP) is 0.680. The van der Waals surface area contributed by atoms with Crippen molar-refractivity contribution in [3.63, 3.8) is 0 Å². The molecule has 2 unspecified atom stereocenters. The summed E-state index contributed by atoms with van der Waals surface area (Å²) in [6.07, 6.45) is 3.11. The van der Waals surface area contributed by atoms with Gasteiger partial charge < -0.3 is 16.2 Å². The first kappa shape index (κ1) is 11.3. The number of anilines is 2. The molecule has 1 aliphatic rings. The maximum atomic E-state index is 9.18. The number of nitrogens with zero attached hydrogens (tertiary/aromatic N) is 3. The predicted molar refractivity (Wildman–Crippen MR) is 61.1 cm³/mol. The van der Waals surface area contributed by atoms with Crippen molar-refractivity contribution in [1.82, 2.24) is 15.0 Å². The molecule has 2 rings (SSSR count). The largest absolute Gasteiger partial charge is 0.396 e. The van der Waals surface area contributed by atoms with Crippen molar-refractivity contribution in [2.45, 2.75) is 25.3 Å². The van der Waals surface area contributed by atoms with Crippen molar-refractivity contribution < 1.29 is 5.11 Å². The van der Waals surface area contributed by atoms with Crippen LogP contribution in [0, 0.1) is 5.92 Å². The normalized spacial score (nSPS) is 24.6. The van der Waals surface area contributed by atoms with E-state index in [1.54, 1.807) is 0 Å². The van der Waals surface area contributed by atoms with Gasteiger partial charge in [0, 0.05) is 18.6 Å². The number of hydrogen-bond acceptors (Lipinski definition) is 6. The van der Waals surface area contributed by atoms with Gasteiger partial charge in [-0.15, -0.1) is 0 Å². The van der Waals surface area contributed by atoms with Crippen LogP contribution >= 0.6 is 11.6 Å². The van der Waals surface area contributed by atoms with Crippen LogP contribution in [0.15, 0.2) is 0 Å². The summed E-state index contributed by atoms with van der Waals surface area (Å²) in [7, 11) is 0. The second-order valence-electron chi connectivity index (χ2n) is 3.91. The number of aliphatic hydroxyl groups is 1. The van der Waals surface area contributed by atoms with Gasteiger partial charge in [-0.25, -0.2) is 0 Å². The van der Waals surface area contributed by atoms with Gasteiger partial charge in [-0.1, -0.05) is 6.42 Å². The van der Waals surface area contributed by atoms with E-state index < -0.39 is 0 Å². The Morgan fingerprint density at radius 1 is 1.38 bits per heavy atom.